The first-order chi connectivity index (χ1) is 12.4. The van der Waals surface area contributed by atoms with Crippen molar-refractivity contribution >= 4 is 68.9 Å². The van der Waals surface area contributed by atoms with Crippen LogP contribution in [0.15, 0.2) is 46.7 Å². The van der Waals surface area contributed by atoms with Crippen molar-refractivity contribution in [1.82, 2.24) is 4.90 Å². The molecule has 0 spiro atoms. The molecule has 2 heterocycles. The monoisotopic (exact) mass is 405 g/mol. The van der Waals surface area contributed by atoms with Crippen molar-refractivity contribution < 1.29 is 14.5 Å². The molecule has 2 aromatic rings. The largest absolute Gasteiger partial charge is 0.325 e. The molecule has 1 aromatic heterocycles. The Bertz CT molecular complexity index is 907. The molecule has 0 atom stereocenters. The molecular weight excluding hydrogens is 394 g/mol. The first-order valence-electron chi connectivity index (χ1n) is 7.27. The third-order valence-corrected chi connectivity index (χ3v) is 5.55. The number of hydrogen-bond donors (Lipinski definition) is 1. The zero-order chi connectivity index (χ0) is 18.7. The summed E-state index contributed by atoms with van der Waals surface area (Å²) in [5.74, 6) is -0.750. The summed E-state index contributed by atoms with van der Waals surface area (Å²) in [5, 5.41) is 15.1. The standard InChI is InChI=1S/C16H11N3O4S3/c20-14(17-10-3-5-11(6-4-10)19(22)23)9-18-15(21)13(26-16(18)24)8-12-2-1-7-25-12/h1-8H,9H2,(H,17,20). The van der Waals surface area contributed by atoms with Gasteiger partial charge in [0.2, 0.25) is 5.91 Å². The van der Waals surface area contributed by atoms with Crippen molar-refractivity contribution in [3.05, 3.63) is 61.7 Å². The van der Waals surface area contributed by atoms with E-state index in [1.165, 1.54) is 40.5 Å². The first-order valence-corrected chi connectivity index (χ1v) is 9.37. The molecule has 2 amide bonds. The fourth-order valence-corrected chi connectivity index (χ4v) is 4.13. The number of anilines is 1. The fourth-order valence-electron chi connectivity index (χ4n) is 2.15. The number of amides is 2. The smallest absolute Gasteiger partial charge is 0.269 e. The van der Waals surface area contributed by atoms with Gasteiger partial charge in [-0.25, -0.2) is 0 Å². The Kier molecular flexibility index (Phi) is 5.45. The highest BCUT2D eigenvalue weighted by molar-refractivity contribution is 8.26. The molecule has 3 rings (SSSR count). The van der Waals surface area contributed by atoms with Gasteiger partial charge in [0.1, 0.15) is 10.9 Å². The van der Waals surface area contributed by atoms with Crippen molar-refractivity contribution in [1.29, 1.82) is 0 Å². The highest BCUT2D eigenvalue weighted by Gasteiger charge is 2.33. The molecule has 1 saturated heterocycles. The lowest BCUT2D eigenvalue weighted by Gasteiger charge is -2.14. The number of thioether (sulfide) groups is 1. The van der Waals surface area contributed by atoms with Crippen molar-refractivity contribution in [3.8, 4) is 0 Å². The number of thiophene rings is 1. The Morgan fingerprint density at radius 1 is 1.31 bits per heavy atom. The third kappa shape index (κ3) is 4.15. The molecule has 1 fully saturated rings. The van der Waals surface area contributed by atoms with Gasteiger partial charge in [0.25, 0.3) is 11.6 Å². The summed E-state index contributed by atoms with van der Waals surface area (Å²) in [4.78, 5) is 37.4. The van der Waals surface area contributed by atoms with E-state index in [2.05, 4.69) is 5.32 Å². The Labute approximate surface area is 161 Å². The van der Waals surface area contributed by atoms with Gasteiger partial charge >= 0.3 is 0 Å². The Hall–Kier alpha value is -2.56. The second-order valence-corrected chi connectivity index (χ2v) is 7.79. The van der Waals surface area contributed by atoms with Gasteiger partial charge in [-0.15, -0.1) is 11.3 Å². The Balaban J connectivity index is 1.64. The number of rotatable bonds is 5. The molecule has 0 aliphatic carbocycles. The number of carbonyl (C=O) groups excluding carboxylic acids is 2. The molecule has 10 heteroatoms. The summed E-state index contributed by atoms with van der Waals surface area (Å²) in [6.07, 6.45) is 1.75. The molecule has 26 heavy (non-hydrogen) atoms. The number of non-ortho nitro benzene ring substituents is 1. The molecule has 0 radical (unpaired) electrons. The lowest BCUT2D eigenvalue weighted by Crippen LogP contribution is -2.36. The summed E-state index contributed by atoms with van der Waals surface area (Å²) in [5.41, 5.74) is 0.332. The molecule has 1 aromatic carbocycles. The van der Waals surface area contributed by atoms with Gasteiger partial charge in [-0.3, -0.25) is 24.6 Å². The lowest BCUT2D eigenvalue weighted by molar-refractivity contribution is -0.384. The van der Waals surface area contributed by atoms with Gasteiger partial charge in [-0.2, -0.15) is 0 Å². The van der Waals surface area contributed by atoms with Crippen molar-refractivity contribution in [2.45, 2.75) is 0 Å². The predicted molar refractivity (Wildman–Crippen MR) is 106 cm³/mol. The number of nitro groups is 1. The van der Waals surface area contributed by atoms with E-state index in [-0.39, 0.29) is 18.1 Å². The van der Waals surface area contributed by atoms with Gasteiger partial charge in [-0.05, 0) is 29.7 Å². The van der Waals surface area contributed by atoms with Crippen LogP contribution in [0.25, 0.3) is 6.08 Å². The summed E-state index contributed by atoms with van der Waals surface area (Å²) >= 11 is 7.85. The molecule has 0 saturated carbocycles. The molecule has 0 unspecified atom stereocenters. The highest BCUT2D eigenvalue weighted by Crippen LogP contribution is 2.33. The van der Waals surface area contributed by atoms with Crippen molar-refractivity contribution in [3.63, 3.8) is 0 Å². The lowest BCUT2D eigenvalue weighted by atomic mass is 10.3. The highest BCUT2D eigenvalue weighted by atomic mass is 32.2. The zero-order valence-electron chi connectivity index (χ0n) is 13.1. The quantitative estimate of drug-likeness (QED) is 0.354. The summed E-state index contributed by atoms with van der Waals surface area (Å²) in [7, 11) is 0. The Morgan fingerprint density at radius 2 is 2.04 bits per heavy atom. The zero-order valence-corrected chi connectivity index (χ0v) is 15.5. The van der Waals surface area contributed by atoms with E-state index in [4.69, 9.17) is 12.2 Å². The summed E-state index contributed by atoms with van der Waals surface area (Å²) < 4.78 is 0.316. The van der Waals surface area contributed by atoms with Crippen LogP contribution in [0.3, 0.4) is 0 Å². The molecule has 1 aliphatic rings. The minimum absolute atomic E-state index is 0.0707. The van der Waals surface area contributed by atoms with E-state index in [0.29, 0.717) is 14.9 Å². The van der Waals surface area contributed by atoms with E-state index in [9.17, 15) is 19.7 Å². The molecule has 1 N–H and O–H groups in total. The van der Waals surface area contributed by atoms with Crippen LogP contribution in [-0.4, -0.2) is 32.5 Å². The molecule has 1 aliphatic heterocycles. The number of nitro benzene ring substituents is 1. The van der Waals surface area contributed by atoms with Crippen molar-refractivity contribution in [2.75, 3.05) is 11.9 Å². The van der Waals surface area contributed by atoms with Gasteiger partial charge in [0.15, 0.2) is 0 Å². The number of nitrogens with one attached hydrogen (secondary N) is 1. The average molecular weight is 405 g/mol. The minimum atomic E-state index is -0.522. The second kappa shape index (κ2) is 7.77. The van der Waals surface area contributed by atoms with Crippen LogP contribution in [0.1, 0.15) is 4.88 Å². The normalized spacial score (nSPS) is 15.5. The number of nitrogens with zero attached hydrogens (tertiary/aromatic N) is 2. The van der Waals surface area contributed by atoms with Gasteiger partial charge in [0, 0.05) is 22.7 Å². The maximum atomic E-state index is 12.4. The predicted octanol–water partition coefficient (Wildman–Crippen LogP) is 3.50. The summed E-state index contributed by atoms with van der Waals surface area (Å²) in [6, 6.07) is 9.21. The Morgan fingerprint density at radius 3 is 2.65 bits per heavy atom. The summed E-state index contributed by atoms with van der Waals surface area (Å²) in [6.45, 7) is -0.219. The van der Waals surface area contributed by atoms with E-state index in [1.807, 2.05) is 17.5 Å². The fraction of sp³-hybridized carbons (Fsp3) is 0.0625. The SMILES string of the molecule is O=C(CN1C(=O)C(=Cc2cccs2)SC1=S)Nc1ccc([N+](=O)[O-])cc1. The van der Waals surface area contributed by atoms with E-state index in [0.717, 1.165) is 16.6 Å². The van der Waals surface area contributed by atoms with Crippen LogP contribution in [0.2, 0.25) is 0 Å². The molecular formula is C16H11N3O4S3. The second-order valence-electron chi connectivity index (χ2n) is 5.14. The van der Waals surface area contributed by atoms with E-state index in [1.54, 1.807) is 6.08 Å². The molecule has 0 bridgehead atoms. The van der Waals surface area contributed by atoms with Crippen molar-refractivity contribution in [2.24, 2.45) is 0 Å². The van der Waals surface area contributed by atoms with Gasteiger partial charge in [0.05, 0.1) is 9.83 Å². The topological polar surface area (TPSA) is 92.6 Å². The van der Waals surface area contributed by atoms with Gasteiger partial charge < -0.3 is 5.32 Å². The van der Waals surface area contributed by atoms with Crippen LogP contribution in [0.4, 0.5) is 11.4 Å². The van der Waals surface area contributed by atoms with Crippen LogP contribution in [0.5, 0.6) is 0 Å². The van der Waals surface area contributed by atoms with Crippen LogP contribution < -0.4 is 5.32 Å². The average Bonchev–Trinajstić information content (AvgIpc) is 3.20. The molecule has 7 nitrogen and oxygen atoms in total. The maximum absolute atomic E-state index is 12.4. The number of thiocarbonyl (C=S) groups is 1. The first kappa shape index (κ1) is 18.2. The molecule has 132 valence electrons. The van der Waals surface area contributed by atoms with E-state index < -0.39 is 10.8 Å². The number of hydrogen-bond acceptors (Lipinski definition) is 7. The van der Waals surface area contributed by atoms with Crippen LogP contribution in [-0.2, 0) is 9.59 Å². The number of benzene rings is 1. The minimum Gasteiger partial charge on any atom is -0.325 e. The van der Waals surface area contributed by atoms with Gasteiger partial charge in [-0.1, -0.05) is 30.0 Å². The van der Waals surface area contributed by atoms with Crippen LogP contribution >= 0.6 is 35.3 Å². The third-order valence-electron chi connectivity index (χ3n) is 3.35. The number of carbonyl (C=O) groups is 2. The van der Waals surface area contributed by atoms with Crippen LogP contribution in [0, 0.1) is 10.1 Å². The maximum Gasteiger partial charge on any atom is 0.269 e. The van der Waals surface area contributed by atoms with E-state index >= 15 is 0 Å².